The number of H-pyrrole nitrogens is 2. The second kappa shape index (κ2) is 4.32. The van der Waals surface area contributed by atoms with Crippen LogP contribution in [0.5, 0.6) is 0 Å². The summed E-state index contributed by atoms with van der Waals surface area (Å²) in [5.41, 5.74) is 1.18. The fourth-order valence-corrected chi connectivity index (χ4v) is 2.17. The number of nitrogens with one attached hydrogen (secondary N) is 2. The zero-order valence-corrected chi connectivity index (χ0v) is 10.9. The van der Waals surface area contributed by atoms with Crippen molar-refractivity contribution in [2.24, 2.45) is 0 Å². The van der Waals surface area contributed by atoms with Crippen LogP contribution in [0.25, 0.3) is 11.5 Å². The molecule has 84 valence electrons. The maximum absolute atomic E-state index is 11.7. The molecule has 0 aliphatic rings. The van der Waals surface area contributed by atoms with Gasteiger partial charge in [0.05, 0.1) is 15.5 Å². The number of aromatic amines is 2. The van der Waals surface area contributed by atoms with E-state index in [9.17, 15) is 4.79 Å². The summed E-state index contributed by atoms with van der Waals surface area (Å²) >= 11 is 2.00. The van der Waals surface area contributed by atoms with E-state index in [0.717, 1.165) is 5.69 Å². The highest BCUT2D eigenvalue weighted by Crippen LogP contribution is 2.18. The lowest BCUT2D eigenvalue weighted by atomic mass is 10.1. The summed E-state index contributed by atoms with van der Waals surface area (Å²) in [5, 5.41) is 10.1. The van der Waals surface area contributed by atoms with Gasteiger partial charge in [0, 0.05) is 0 Å². The number of aromatic nitrogens is 5. The van der Waals surface area contributed by atoms with E-state index in [1.165, 1.54) is 6.20 Å². The molecule has 0 saturated heterocycles. The highest BCUT2D eigenvalue weighted by Gasteiger charge is 2.14. The van der Waals surface area contributed by atoms with E-state index in [0.29, 0.717) is 15.1 Å². The first kappa shape index (κ1) is 11.2. The monoisotopic (exact) mass is 331 g/mol. The van der Waals surface area contributed by atoms with Crippen molar-refractivity contribution < 1.29 is 0 Å². The molecule has 2 heterocycles. The van der Waals surface area contributed by atoms with Crippen molar-refractivity contribution in [3.63, 3.8) is 0 Å². The molecule has 0 unspecified atom stereocenters. The number of hydrogen-bond donors (Lipinski definition) is 2. The molecule has 0 bridgehead atoms. The van der Waals surface area contributed by atoms with E-state index in [2.05, 4.69) is 25.4 Å². The lowest BCUT2D eigenvalue weighted by Crippen LogP contribution is -2.17. The second-order valence-electron chi connectivity index (χ2n) is 3.62. The maximum atomic E-state index is 11.7. The predicted octanol–water partition coefficient (Wildman–Crippen LogP) is 1.28. The SMILES string of the molecule is CC(C)c1nc(-c2cn[nH]n2)[nH]c(=O)c1I. The lowest BCUT2D eigenvalue weighted by Gasteiger charge is -2.07. The second-order valence-corrected chi connectivity index (χ2v) is 4.70. The van der Waals surface area contributed by atoms with Crippen molar-refractivity contribution in [2.75, 3.05) is 0 Å². The molecule has 2 aromatic heterocycles. The van der Waals surface area contributed by atoms with Gasteiger partial charge in [0.2, 0.25) is 0 Å². The van der Waals surface area contributed by atoms with E-state index in [4.69, 9.17) is 0 Å². The third-order valence-electron chi connectivity index (χ3n) is 2.09. The zero-order chi connectivity index (χ0) is 11.7. The summed E-state index contributed by atoms with van der Waals surface area (Å²) in [6.07, 6.45) is 1.52. The molecule has 0 saturated carbocycles. The molecule has 2 N–H and O–H groups in total. The average molecular weight is 331 g/mol. The van der Waals surface area contributed by atoms with E-state index in [-0.39, 0.29) is 11.5 Å². The standard InChI is InChI=1S/C9H10IN5O/c1-4(2)7-6(10)9(16)13-8(12-7)5-3-11-15-14-5/h3-4H,1-2H3,(H,11,14,15)(H,12,13,16). The van der Waals surface area contributed by atoms with Crippen LogP contribution in [-0.2, 0) is 0 Å². The van der Waals surface area contributed by atoms with Crippen molar-refractivity contribution in [3.8, 4) is 11.5 Å². The van der Waals surface area contributed by atoms with Crippen LogP contribution in [0.4, 0.5) is 0 Å². The van der Waals surface area contributed by atoms with Crippen molar-refractivity contribution >= 4 is 22.6 Å². The van der Waals surface area contributed by atoms with Crippen LogP contribution in [0.2, 0.25) is 0 Å². The Labute approximate surface area is 105 Å². The largest absolute Gasteiger partial charge is 0.304 e. The quantitative estimate of drug-likeness (QED) is 0.812. The first-order valence-electron chi connectivity index (χ1n) is 4.75. The number of halogens is 1. The minimum Gasteiger partial charge on any atom is -0.304 e. The van der Waals surface area contributed by atoms with Crippen molar-refractivity contribution in [3.05, 3.63) is 25.8 Å². The van der Waals surface area contributed by atoms with Gasteiger partial charge in [-0.15, -0.1) is 0 Å². The molecule has 0 aromatic carbocycles. The van der Waals surface area contributed by atoms with Crippen LogP contribution in [0, 0.1) is 3.57 Å². The average Bonchev–Trinajstić information content (AvgIpc) is 2.74. The van der Waals surface area contributed by atoms with Crippen molar-refractivity contribution in [2.45, 2.75) is 19.8 Å². The summed E-state index contributed by atoms with van der Waals surface area (Å²) in [5.74, 6) is 0.641. The van der Waals surface area contributed by atoms with E-state index in [1.807, 2.05) is 36.4 Å². The third kappa shape index (κ3) is 1.99. The molecule has 0 aliphatic carbocycles. The van der Waals surface area contributed by atoms with Gasteiger partial charge in [-0.2, -0.15) is 15.4 Å². The van der Waals surface area contributed by atoms with Crippen LogP contribution in [0.3, 0.4) is 0 Å². The molecular weight excluding hydrogens is 321 g/mol. The molecule has 7 heteroatoms. The molecule has 2 rings (SSSR count). The van der Waals surface area contributed by atoms with Crippen LogP contribution >= 0.6 is 22.6 Å². The highest BCUT2D eigenvalue weighted by molar-refractivity contribution is 14.1. The van der Waals surface area contributed by atoms with E-state index in [1.54, 1.807) is 0 Å². The predicted molar refractivity (Wildman–Crippen MR) is 67.0 cm³/mol. The Bertz CT molecular complexity index is 546. The third-order valence-corrected chi connectivity index (χ3v) is 3.14. The molecule has 6 nitrogen and oxygen atoms in total. The lowest BCUT2D eigenvalue weighted by molar-refractivity contribution is 0.801. The van der Waals surface area contributed by atoms with Crippen LogP contribution in [0.15, 0.2) is 11.0 Å². The normalized spacial score (nSPS) is 11.0. The maximum Gasteiger partial charge on any atom is 0.264 e. The van der Waals surface area contributed by atoms with Crippen LogP contribution in [-0.4, -0.2) is 25.4 Å². The molecule has 0 spiro atoms. The molecule has 0 fully saturated rings. The number of hydrogen-bond acceptors (Lipinski definition) is 4. The molecule has 0 aliphatic heterocycles. The number of nitrogens with zero attached hydrogens (tertiary/aromatic N) is 3. The van der Waals surface area contributed by atoms with Crippen LogP contribution < -0.4 is 5.56 Å². The van der Waals surface area contributed by atoms with Gasteiger partial charge in [0.25, 0.3) is 5.56 Å². The van der Waals surface area contributed by atoms with Gasteiger partial charge in [-0.05, 0) is 28.5 Å². The highest BCUT2D eigenvalue weighted by atomic mass is 127. The molecule has 2 aromatic rings. The minimum atomic E-state index is -0.141. The van der Waals surface area contributed by atoms with E-state index >= 15 is 0 Å². The fraction of sp³-hybridized carbons (Fsp3) is 0.333. The van der Waals surface area contributed by atoms with Gasteiger partial charge in [0.1, 0.15) is 5.69 Å². The van der Waals surface area contributed by atoms with Gasteiger partial charge in [-0.25, -0.2) is 4.98 Å². The zero-order valence-electron chi connectivity index (χ0n) is 8.78. The van der Waals surface area contributed by atoms with Crippen molar-refractivity contribution in [1.82, 2.24) is 25.4 Å². The van der Waals surface area contributed by atoms with Gasteiger partial charge in [-0.3, -0.25) is 4.79 Å². The summed E-state index contributed by atoms with van der Waals surface area (Å²) < 4.78 is 0.625. The molecule has 0 atom stereocenters. The Kier molecular flexibility index (Phi) is 3.03. The summed E-state index contributed by atoms with van der Waals surface area (Å²) in [6, 6.07) is 0. The first-order valence-corrected chi connectivity index (χ1v) is 5.83. The molecule has 0 radical (unpaired) electrons. The molecule has 0 amide bonds. The summed E-state index contributed by atoms with van der Waals surface area (Å²) in [4.78, 5) is 18.8. The molecule has 16 heavy (non-hydrogen) atoms. The van der Waals surface area contributed by atoms with Gasteiger partial charge in [-0.1, -0.05) is 13.8 Å². The Morgan fingerprint density at radius 1 is 1.44 bits per heavy atom. The Morgan fingerprint density at radius 2 is 2.19 bits per heavy atom. The Hall–Kier alpha value is -1.25. The number of rotatable bonds is 2. The van der Waals surface area contributed by atoms with Gasteiger partial charge in [0.15, 0.2) is 5.82 Å². The first-order chi connectivity index (χ1) is 7.59. The van der Waals surface area contributed by atoms with Crippen molar-refractivity contribution in [1.29, 1.82) is 0 Å². The topological polar surface area (TPSA) is 87.3 Å². The minimum absolute atomic E-state index is 0.141. The van der Waals surface area contributed by atoms with Gasteiger partial charge >= 0.3 is 0 Å². The van der Waals surface area contributed by atoms with Gasteiger partial charge < -0.3 is 4.98 Å². The summed E-state index contributed by atoms with van der Waals surface area (Å²) in [7, 11) is 0. The van der Waals surface area contributed by atoms with E-state index < -0.39 is 0 Å². The Balaban J connectivity index is 2.62. The Morgan fingerprint density at radius 3 is 2.75 bits per heavy atom. The van der Waals surface area contributed by atoms with Crippen LogP contribution in [0.1, 0.15) is 25.5 Å². The smallest absolute Gasteiger partial charge is 0.264 e. The summed E-state index contributed by atoms with van der Waals surface area (Å²) in [6.45, 7) is 3.99. The molecular formula is C9H10IN5O. The fourth-order valence-electron chi connectivity index (χ4n) is 1.30.